The van der Waals surface area contributed by atoms with Crippen molar-refractivity contribution >= 4 is 29.1 Å². The van der Waals surface area contributed by atoms with Gasteiger partial charge < -0.3 is 20.6 Å². The quantitative estimate of drug-likeness (QED) is 0.153. The molecule has 2 aromatic carbocycles. The van der Waals surface area contributed by atoms with Crippen LogP contribution in [0.5, 0.6) is 0 Å². The molecule has 0 saturated carbocycles. The van der Waals surface area contributed by atoms with E-state index in [0.29, 0.717) is 18.3 Å². The molecular weight excluding hydrogens is 729 g/mol. The van der Waals surface area contributed by atoms with E-state index >= 15 is 0 Å². The van der Waals surface area contributed by atoms with Gasteiger partial charge in [-0.25, -0.2) is 0 Å². The zero-order valence-corrected chi connectivity index (χ0v) is 32.5. The third-order valence-corrected chi connectivity index (χ3v) is 12.8. The van der Waals surface area contributed by atoms with Gasteiger partial charge >= 0.3 is 0 Å². The lowest BCUT2D eigenvalue weighted by Gasteiger charge is -2.36. The topological polar surface area (TPSA) is 99.1 Å². The first-order chi connectivity index (χ1) is 26.8. The Labute approximate surface area is 333 Å². The SMILES string of the molecule is O=C(Cc1ccncc1)N1CCC(C2c3ccc(Cl)cc3CCc3ccc[n+]([O-])c32)CC1.[O-][n+]1cccc2c1C(C1CCNCC1)c1ccc(Cl)cc1CC2. The van der Waals surface area contributed by atoms with Gasteiger partial charge in [0.15, 0.2) is 12.4 Å². The number of piperidine rings is 2. The van der Waals surface area contributed by atoms with E-state index < -0.39 is 0 Å². The molecule has 1 N–H and O–H groups in total. The summed E-state index contributed by atoms with van der Waals surface area (Å²) in [6, 6.07) is 24.0. The number of amides is 1. The second-order valence-electron chi connectivity index (χ2n) is 15.5. The van der Waals surface area contributed by atoms with E-state index in [4.69, 9.17) is 23.2 Å². The number of halogens is 2. The van der Waals surface area contributed by atoms with Crippen LogP contribution < -0.4 is 14.8 Å². The minimum atomic E-state index is 0.0240. The number of hydrogen-bond donors (Lipinski definition) is 1. The Morgan fingerprint density at radius 1 is 0.691 bits per heavy atom. The predicted octanol–water partition coefficient (Wildman–Crippen LogP) is 7.28. The molecule has 0 radical (unpaired) electrons. The molecule has 4 aliphatic rings. The highest BCUT2D eigenvalue weighted by atomic mass is 35.5. The molecule has 10 heteroatoms. The highest BCUT2D eigenvalue weighted by Gasteiger charge is 2.39. The van der Waals surface area contributed by atoms with Gasteiger partial charge in [0, 0.05) is 58.8 Å². The van der Waals surface area contributed by atoms with Gasteiger partial charge in [0.25, 0.3) is 0 Å². The number of carbonyl (C=O) groups is 1. The number of fused-ring (bicyclic) bond motifs is 4. The van der Waals surface area contributed by atoms with Gasteiger partial charge in [0.1, 0.15) is 0 Å². The molecule has 0 bridgehead atoms. The Balaban J connectivity index is 0.000000164. The summed E-state index contributed by atoms with van der Waals surface area (Å²) in [4.78, 5) is 18.8. The highest BCUT2D eigenvalue weighted by Crippen LogP contribution is 2.43. The molecule has 2 fully saturated rings. The Hall–Kier alpha value is -4.50. The molecule has 3 aromatic heterocycles. The van der Waals surface area contributed by atoms with Crippen LogP contribution in [-0.2, 0) is 36.9 Å². The number of aromatic nitrogens is 3. The number of nitrogens with one attached hydrogen (secondary N) is 1. The Bertz CT molecular complexity index is 2150. The number of pyridine rings is 3. The highest BCUT2D eigenvalue weighted by molar-refractivity contribution is 6.31. The summed E-state index contributed by atoms with van der Waals surface area (Å²) < 4.78 is 2.16. The second-order valence-corrected chi connectivity index (χ2v) is 16.3. The summed E-state index contributed by atoms with van der Waals surface area (Å²) in [7, 11) is 0. The van der Waals surface area contributed by atoms with Gasteiger partial charge in [-0.3, -0.25) is 9.78 Å². The van der Waals surface area contributed by atoms with Crippen molar-refractivity contribution in [2.45, 2.75) is 69.6 Å². The zero-order valence-electron chi connectivity index (χ0n) is 31.0. The van der Waals surface area contributed by atoms with Crippen molar-refractivity contribution < 1.29 is 14.3 Å². The number of benzene rings is 2. The van der Waals surface area contributed by atoms with E-state index in [1.165, 1.54) is 27.8 Å². The number of rotatable bonds is 4. The molecule has 5 aromatic rings. The van der Waals surface area contributed by atoms with Crippen molar-refractivity contribution in [1.82, 2.24) is 15.2 Å². The van der Waals surface area contributed by atoms with Crippen molar-refractivity contribution in [3.63, 3.8) is 0 Å². The molecule has 0 spiro atoms. The van der Waals surface area contributed by atoms with Crippen LogP contribution in [0.15, 0.2) is 97.6 Å². The maximum Gasteiger partial charge on any atom is 0.226 e. The molecule has 284 valence electrons. The van der Waals surface area contributed by atoms with Crippen LogP contribution in [0.3, 0.4) is 0 Å². The van der Waals surface area contributed by atoms with Gasteiger partial charge in [-0.15, -0.1) is 0 Å². The molecule has 5 heterocycles. The maximum atomic E-state index is 12.9. The Morgan fingerprint density at radius 3 is 1.71 bits per heavy atom. The molecule has 2 aliphatic heterocycles. The number of hydrogen-bond acceptors (Lipinski definition) is 5. The zero-order chi connectivity index (χ0) is 37.9. The summed E-state index contributed by atoms with van der Waals surface area (Å²) in [5.41, 5.74) is 10.2. The van der Waals surface area contributed by atoms with Gasteiger partial charge in [-0.05, 0) is 153 Å². The third kappa shape index (κ3) is 8.09. The Kier molecular flexibility index (Phi) is 11.4. The fourth-order valence-corrected chi connectivity index (χ4v) is 10.00. The fourth-order valence-electron chi connectivity index (χ4n) is 9.61. The molecule has 2 aliphatic carbocycles. The average Bonchev–Trinajstić information content (AvgIpc) is 3.48. The summed E-state index contributed by atoms with van der Waals surface area (Å²) in [5, 5.41) is 30.5. The number of carbonyl (C=O) groups excluding carboxylic acids is 1. The summed E-state index contributed by atoms with van der Waals surface area (Å²) >= 11 is 12.5. The lowest BCUT2D eigenvalue weighted by atomic mass is 9.76. The van der Waals surface area contributed by atoms with Crippen LogP contribution in [-0.4, -0.2) is 42.0 Å². The first-order valence-electron chi connectivity index (χ1n) is 19.7. The van der Waals surface area contributed by atoms with Crippen molar-refractivity contribution in [2.24, 2.45) is 11.8 Å². The van der Waals surface area contributed by atoms with Gasteiger partial charge in [0.05, 0.1) is 18.3 Å². The van der Waals surface area contributed by atoms with Crippen LogP contribution in [0.4, 0.5) is 0 Å². The smallest absolute Gasteiger partial charge is 0.226 e. The van der Waals surface area contributed by atoms with Crippen molar-refractivity contribution in [3.8, 4) is 0 Å². The van der Waals surface area contributed by atoms with Crippen LogP contribution >= 0.6 is 23.2 Å². The van der Waals surface area contributed by atoms with E-state index in [2.05, 4.69) is 46.7 Å². The lowest BCUT2D eigenvalue weighted by Crippen LogP contribution is -2.43. The molecule has 9 rings (SSSR count). The van der Waals surface area contributed by atoms with Crippen molar-refractivity contribution in [1.29, 1.82) is 0 Å². The lowest BCUT2D eigenvalue weighted by molar-refractivity contribution is -0.616. The second kappa shape index (κ2) is 16.7. The van der Waals surface area contributed by atoms with Gasteiger partial charge in [0.2, 0.25) is 17.3 Å². The van der Waals surface area contributed by atoms with Crippen LogP contribution in [0.1, 0.15) is 87.9 Å². The summed E-state index contributed by atoms with van der Waals surface area (Å²) in [6.07, 6.45) is 14.7. The molecule has 2 unspecified atom stereocenters. The molecule has 1 amide bonds. The molecule has 8 nitrogen and oxygen atoms in total. The molecule has 2 saturated heterocycles. The van der Waals surface area contributed by atoms with Crippen molar-refractivity contribution in [2.75, 3.05) is 26.2 Å². The van der Waals surface area contributed by atoms with Crippen LogP contribution in [0, 0.1) is 22.3 Å². The fraction of sp³-hybridized carbons (Fsp3) is 0.378. The van der Waals surface area contributed by atoms with E-state index in [9.17, 15) is 15.2 Å². The molecular formula is C45H47Cl2N5O3. The van der Waals surface area contributed by atoms with E-state index in [1.54, 1.807) is 24.8 Å². The molecule has 55 heavy (non-hydrogen) atoms. The van der Waals surface area contributed by atoms with Gasteiger partial charge in [-0.1, -0.05) is 35.3 Å². The third-order valence-electron chi connectivity index (χ3n) is 12.3. The van der Waals surface area contributed by atoms with Crippen molar-refractivity contribution in [3.05, 3.63) is 168 Å². The summed E-state index contributed by atoms with van der Waals surface area (Å²) in [5.74, 6) is 1.17. The molecule has 2 atom stereocenters. The monoisotopic (exact) mass is 775 g/mol. The minimum absolute atomic E-state index is 0.0240. The Morgan fingerprint density at radius 2 is 1.18 bits per heavy atom. The average molecular weight is 777 g/mol. The van der Waals surface area contributed by atoms with E-state index in [1.807, 2.05) is 41.3 Å². The van der Waals surface area contributed by atoms with Crippen LogP contribution in [0.25, 0.3) is 0 Å². The number of likely N-dealkylation sites (tertiary alicyclic amines) is 1. The predicted molar refractivity (Wildman–Crippen MR) is 215 cm³/mol. The largest absolute Gasteiger partial charge is 0.618 e. The standard InChI is InChI=1S/C26H26ClN3O2.C19H21ClN2O/c27-22-5-6-23-21(17-22)4-3-20-2-1-13-30(32)26(20)25(23)19-9-14-29(15-10-19)24(31)16-18-7-11-28-12-8-18;20-16-5-6-17-15(12-16)4-3-14-2-1-11-22(23)19(14)18(17)13-7-9-21-10-8-13/h1-2,5-8,11-13,17,19,25H,3-4,9-10,14-16H2;1-2,5-6,11-13,18,21H,3-4,7-10H2. The van der Waals surface area contributed by atoms with Crippen LogP contribution in [0.2, 0.25) is 10.0 Å². The normalized spacial score (nSPS) is 19.7. The first-order valence-corrected chi connectivity index (χ1v) is 20.5. The minimum Gasteiger partial charge on any atom is -0.618 e. The first kappa shape index (κ1) is 37.4. The van der Waals surface area contributed by atoms with Gasteiger partial charge in [-0.2, -0.15) is 9.46 Å². The van der Waals surface area contributed by atoms with E-state index in [0.717, 1.165) is 120 Å². The summed E-state index contributed by atoms with van der Waals surface area (Å²) in [6.45, 7) is 3.50. The number of nitrogens with zero attached hydrogens (tertiary/aromatic N) is 4. The number of aryl methyl sites for hydroxylation is 4. The van der Waals surface area contributed by atoms with E-state index in [-0.39, 0.29) is 17.7 Å². The maximum absolute atomic E-state index is 12.9.